The molecule has 0 spiro atoms. The van der Waals surface area contributed by atoms with Crippen LogP contribution in [-0.2, 0) is 0 Å². The first kappa shape index (κ1) is 20.6. The number of carbonyl (C=O) groups is 1. The largest absolute Gasteiger partial charge is 0.384 e. The zero-order valence-corrected chi connectivity index (χ0v) is 18.4. The molecule has 2 aromatic heterocycles. The molecule has 0 bridgehead atoms. The maximum absolute atomic E-state index is 13.2. The van der Waals surface area contributed by atoms with Crippen molar-refractivity contribution in [1.82, 2.24) is 24.8 Å². The van der Waals surface area contributed by atoms with Gasteiger partial charge in [0, 0.05) is 59.8 Å². The van der Waals surface area contributed by atoms with E-state index in [4.69, 9.17) is 5.73 Å². The van der Waals surface area contributed by atoms with Crippen LogP contribution < -0.4 is 5.73 Å². The number of carbonyl (C=O) groups excluding carboxylic acids is 1. The minimum absolute atomic E-state index is 0.114. The summed E-state index contributed by atoms with van der Waals surface area (Å²) in [5, 5.41) is 0. The summed E-state index contributed by atoms with van der Waals surface area (Å²) in [4.78, 5) is 30.9. The summed E-state index contributed by atoms with van der Waals surface area (Å²) < 4.78 is 0. The Morgan fingerprint density at radius 2 is 1.78 bits per heavy atom. The number of nitrogen functional groups attached to an aromatic ring is 1. The van der Waals surface area contributed by atoms with Crippen LogP contribution in [0.15, 0.2) is 48.9 Å². The van der Waals surface area contributed by atoms with Crippen LogP contribution in [0.4, 0.5) is 5.82 Å². The van der Waals surface area contributed by atoms with Gasteiger partial charge in [0.05, 0.1) is 5.69 Å². The Morgan fingerprint density at radius 3 is 2.56 bits per heavy atom. The molecule has 1 unspecified atom stereocenters. The molecule has 2 saturated heterocycles. The third-order valence-corrected chi connectivity index (χ3v) is 6.64. The van der Waals surface area contributed by atoms with Crippen molar-refractivity contribution in [3.05, 3.63) is 60.2 Å². The van der Waals surface area contributed by atoms with E-state index >= 15 is 0 Å². The number of hydrogen-bond acceptors (Lipinski definition) is 6. The minimum Gasteiger partial charge on any atom is -0.384 e. The number of hydrogen-bond donors (Lipinski definition) is 1. The van der Waals surface area contributed by atoms with Gasteiger partial charge in [0.15, 0.2) is 0 Å². The van der Waals surface area contributed by atoms with E-state index in [2.05, 4.69) is 19.9 Å². The van der Waals surface area contributed by atoms with Crippen LogP contribution in [-0.4, -0.2) is 62.9 Å². The molecule has 2 fully saturated rings. The molecule has 32 heavy (non-hydrogen) atoms. The Morgan fingerprint density at radius 1 is 0.969 bits per heavy atom. The van der Waals surface area contributed by atoms with E-state index in [9.17, 15) is 4.79 Å². The number of anilines is 1. The minimum atomic E-state index is 0.114. The van der Waals surface area contributed by atoms with Gasteiger partial charge < -0.3 is 10.6 Å². The number of fused-ring (bicyclic) bond motifs is 1. The van der Waals surface area contributed by atoms with Gasteiger partial charge in [-0.15, -0.1) is 0 Å². The summed E-state index contributed by atoms with van der Waals surface area (Å²) in [5.74, 6) is 0.588. The molecule has 2 N–H and O–H groups in total. The summed E-state index contributed by atoms with van der Waals surface area (Å²) >= 11 is 0. The number of pyridine rings is 1. The summed E-state index contributed by atoms with van der Waals surface area (Å²) in [7, 11) is 0. The van der Waals surface area contributed by atoms with Crippen LogP contribution in [0.1, 0.15) is 35.3 Å². The molecule has 164 valence electrons. The average Bonchev–Trinajstić information content (AvgIpc) is 2.84. The number of aryl methyl sites for hydroxylation is 1. The molecule has 0 radical (unpaired) electrons. The van der Waals surface area contributed by atoms with Crippen LogP contribution in [0.5, 0.6) is 0 Å². The molecule has 7 heteroatoms. The second-order valence-electron chi connectivity index (χ2n) is 8.67. The molecule has 2 aliphatic heterocycles. The fourth-order valence-electron chi connectivity index (χ4n) is 4.89. The van der Waals surface area contributed by atoms with E-state index in [0.29, 0.717) is 11.9 Å². The quantitative estimate of drug-likeness (QED) is 0.688. The van der Waals surface area contributed by atoms with E-state index in [1.807, 2.05) is 42.2 Å². The van der Waals surface area contributed by atoms with Gasteiger partial charge in [0.1, 0.15) is 12.1 Å². The van der Waals surface area contributed by atoms with Gasteiger partial charge in [0.25, 0.3) is 5.91 Å². The lowest BCUT2D eigenvalue weighted by Crippen LogP contribution is -2.56. The number of benzene rings is 1. The Labute approximate surface area is 188 Å². The SMILES string of the molecule is Cc1ncnc(-c2ccc(C(=O)N3CCN4CCCCC4C3)cc2)c1-c1ccc(N)nc1. The fraction of sp³-hybridized carbons (Fsp3) is 0.360. The molecule has 2 aliphatic rings. The summed E-state index contributed by atoms with van der Waals surface area (Å²) in [5.41, 5.74) is 10.9. The number of aromatic nitrogens is 3. The second-order valence-corrected chi connectivity index (χ2v) is 8.67. The Balaban J connectivity index is 1.39. The standard InChI is InChI=1S/C25H28N6O/c1-17-23(20-9-10-22(26)27-14-20)24(29-16-28-17)18-5-7-19(8-6-18)25(32)31-13-12-30-11-3-2-4-21(30)15-31/h5-10,14,16,21H,2-4,11-13,15H2,1H3,(H2,26,27). The lowest BCUT2D eigenvalue weighted by atomic mass is 9.97. The lowest BCUT2D eigenvalue weighted by Gasteiger charge is -2.44. The molecule has 0 saturated carbocycles. The molecule has 7 nitrogen and oxygen atoms in total. The fourth-order valence-corrected chi connectivity index (χ4v) is 4.89. The topological polar surface area (TPSA) is 88.2 Å². The Bertz CT molecular complexity index is 1110. The third kappa shape index (κ3) is 3.96. The third-order valence-electron chi connectivity index (χ3n) is 6.64. The maximum atomic E-state index is 13.2. The van der Waals surface area contributed by atoms with Crippen LogP contribution in [0.25, 0.3) is 22.4 Å². The zero-order valence-electron chi connectivity index (χ0n) is 18.4. The predicted octanol–water partition coefficient (Wildman–Crippen LogP) is 3.41. The van der Waals surface area contributed by atoms with E-state index in [1.165, 1.54) is 25.8 Å². The van der Waals surface area contributed by atoms with E-state index in [-0.39, 0.29) is 5.91 Å². The highest BCUT2D eigenvalue weighted by atomic mass is 16.2. The molecule has 1 aromatic carbocycles. The number of piperazine rings is 1. The first-order chi connectivity index (χ1) is 15.6. The van der Waals surface area contributed by atoms with Gasteiger partial charge in [-0.25, -0.2) is 15.0 Å². The predicted molar refractivity (Wildman–Crippen MR) is 125 cm³/mol. The average molecular weight is 429 g/mol. The lowest BCUT2D eigenvalue weighted by molar-refractivity contribution is 0.0372. The van der Waals surface area contributed by atoms with E-state index in [0.717, 1.165) is 53.3 Å². The number of nitrogens with zero attached hydrogens (tertiary/aromatic N) is 5. The molecule has 1 amide bonds. The van der Waals surface area contributed by atoms with Crippen LogP contribution in [0.3, 0.4) is 0 Å². The molecule has 1 atom stereocenters. The first-order valence-electron chi connectivity index (χ1n) is 11.3. The van der Waals surface area contributed by atoms with Gasteiger partial charge >= 0.3 is 0 Å². The van der Waals surface area contributed by atoms with E-state index in [1.54, 1.807) is 18.6 Å². The monoisotopic (exact) mass is 428 g/mol. The van der Waals surface area contributed by atoms with Crippen LogP contribution in [0, 0.1) is 6.92 Å². The number of piperidine rings is 1. The highest BCUT2D eigenvalue weighted by Gasteiger charge is 2.31. The highest BCUT2D eigenvalue weighted by Crippen LogP contribution is 2.32. The zero-order chi connectivity index (χ0) is 22.1. The molecular formula is C25H28N6O. The number of nitrogens with two attached hydrogens (primary N) is 1. The molecule has 5 rings (SSSR count). The summed E-state index contributed by atoms with van der Waals surface area (Å²) in [6, 6.07) is 12.0. The smallest absolute Gasteiger partial charge is 0.253 e. The normalized spacial score (nSPS) is 18.9. The second kappa shape index (κ2) is 8.67. The number of rotatable bonds is 3. The molecule has 3 aromatic rings. The van der Waals surface area contributed by atoms with Gasteiger partial charge in [-0.3, -0.25) is 9.69 Å². The van der Waals surface area contributed by atoms with Crippen molar-refractivity contribution in [3.8, 4) is 22.4 Å². The maximum Gasteiger partial charge on any atom is 0.253 e. The van der Waals surface area contributed by atoms with Crippen LogP contribution >= 0.6 is 0 Å². The van der Waals surface area contributed by atoms with Crippen molar-refractivity contribution in [2.24, 2.45) is 0 Å². The Kier molecular flexibility index (Phi) is 5.57. The first-order valence-corrected chi connectivity index (χ1v) is 11.3. The van der Waals surface area contributed by atoms with Crippen LogP contribution in [0.2, 0.25) is 0 Å². The van der Waals surface area contributed by atoms with Crippen molar-refractivity contribution in [1.29, 1.82) is 0 Å². The number of amides is 1. The van der Waals surface area contributed by atoms with Gasteiger partial charge in [0.2, 0.25) is 0 Å². The van der Waals surface area contributed by atoms with Gasteiger partial charge in [-0.05, 0) is 50.6 Å². The highest BCUT2D eigenvalue weighted by molar-refractivity contribution is 5.95. The van der Waals surface area contributed by atoms with Crippen molar-refractivity contribution in [3.63, 3.8) is 0 Å². The molecular weight excluding hydrogens is 400 g/mol. The summed E-state index contributed by atoms with van der Waals surface area (Å²) in [6.07, 6.45) is 7.05. The van der Waals surface area contributed by atoms with Crippen molar-refractivity contribution >= 4 is 11.7 Å². The van der Waals surface area contributed by atoms with Crippen molar-refractivity contribution in [2.75, 3.05) is 31.9 Å². The van der Waals surface area contributed by atoms with Gasteiger partial charge in [-0.2, -0.15) is 0 Å². The van der Waals surface area contributed by atoms with Gasteiger partial charge in [-0.1, -0.05) is 18.6 Å². The van der Waals surface area contributed by atoms with Crippen molar-refractivity contribution in [2.45, 2.75) is 32.2 Å². The Hall–Kier alpha value is -3.32. The van der Waals surface area contributed by atoms with Crippen molar-refractivity contribution < 1.29 is 4.79 Å². The summed E-state index contributed by atoms with van der Waals surface area (Å²) in [6.45, 7) is 5.75. The van der Waals surface area contributed by atoms with E-state index < -0.39 is 0 Å². The molecule has 0 aliphatic carbocycles. The molecule has 4 heterocycles.